The number of sulfone groups is 1. The zero-order valence-electron chi connectivity index (χ0n) is 13.9. The van der Waals surface area contributed by atoms with Crippen molar-refractivity contribution in [1.82, 2.24) is 4.90 Å². The zero-order chi connectivity index (χ0) is 17.3. The first-order valence-corrected chi connectivity index (χ1v) is 10.9. The maximum absolute atomic E-state index is 12.0. The number of carbonyl (C=O) groups is 1. The van der Waals surface area contributed by atoms with Gasteiger partial charge in [0.25, 0.3) is 5.91 Å². The fourth-order valence-electron chi connectivity index (χ4n) is 3.01. The van der Waals surface area contributed by atoms with Gasteiger partial charge in [-0.15, -0.1) is 0 Å². The number of hydrogen-bond acceptors (Lipinski definition) is 4. The summed E-state index contributed by atoms with van der Waals surface area (Å²) in [6.45, 7) is 4.33. The van der Waals surface area contributed by atoms with Crippen molar-refractivity contribution in [3.63, 3.8) is 0 Å². The van der Waals surface area contributed by atoms with Crippen molar-refractivity contribution < 1.29 is 13.2 Å². The van der Waals surface area contributed by atoms with Gasteiger partial charge in [0, 0.05) is 17.7 Å². The lowest BCUT2D eigenvalue weighted by Gasteiger charge is -2.24. The van der Waals surface area contributed by atoms with Gasteiger partial charge in [0.2, 0.25) is 0 Å². The van der Waals surface area contributed by atoms with Gasteiger partial charge in [-0.05, 0) is 12.0 Å². The number of amidine groups is 1. The minimum atomic E-state index is -2.99. The number of thioether (sulfide) groups is 1. The lowest BCUT2D eigenvalue weighted by atomic mass is 10.1. The second-order valence-corrected chi connectivity index (χ2v) is 9.98. The largest absolute Gasteiger partial charge is 0.346 e. The van der Waals surface area contributed by atoms with Gasteiger partial charge in [-0.25, -0.2) is 8.42 Å². The van der Waals surface area contributed by atoms with Gasteiger partial charge in [-0.1, -0.05) is 55.9 Å². The van der Waals surface area contributed by atoms with E-state index in [0.29, 0.717) is 11.7 Å². The minimum Gasteiger partial charge on any atom is -0.346 e. The van der Waals surface area contributed by atoms with Gasteiger partial charge < -0.3 is 4.90 Å². The molecule has 0 aliphatic carbocycles. The van der Waals surface area contributed by atoms with Crippen molar-refractivity contribution >= 4 is 32.7 Å². The predicted octanol–water partition coefficient (Wildman–Crippen LogP) is 1.98. The molecule has 2 heterocycles. The Morgan fingerprint density at radius 3 is 2.67 bits per heavy atom. The van der Waals surface area contributed by atoms with E-state index < -0.39 is 9.84 Å². The molecule has 130 valence electrons. The van der Waals surface area contributed by atoms with Gasteiger partial charge in [0.15, 0.2) is 15.0 Å². The highest BCUT2D eigenvalue weighted by Gasteiger charge is 2.48. The average molecular weight is 367 g/mol. The summed E-state index contributed by atoms with van der Waals surface area (Å²) in [5.74, 6) is 0.0382. The summed E-state index contributed by atoms with van der Waals surface area (Å²) in [4.78, 5) is 18.3. The Morgan fingerprint density at radius 2 is 2.00 bits per heavy atom. The lowest BCUT2D eigenvalue weighted by Crippen LogP contribution is -2.39. The summed E-state index contributed by atoms with van der Waals surface area (Å²) < 4.78 is 23.9. The predicted molar refractivity (Wildman–Crippen MR) is 98.0 cm³/mol. The molecule has 1 aromatic rings. The van der Waals surface area contributed by atoms with Crippen LogP contribution in [0, 0.1) is 5.92 Å². The van der Waals surface area contributed by atoms with Gasteiger partial charge in [0.05, 0.1) is 17.5 Å². The number of nitrogens with zero attached hydrogens (tertiary/aromatic N) is 2. The molecule has 0 saturated carbocycles. The third-order valence-corrected chi connectivity index (χ3v) is 7.61. The summed E-state index contributed by atoms with van der Waals surface area (Å²) in [6, 6.07) is 10.0. The average Bonchev–Trinajstić information content (AvgIpc) is 2.97. The fraction of sp³-hybridized carbons (Fsp3) is 0.529. The smallest absolute Gasteiger partial charge is 0.250 e. The van der Waals surface area contributed by atoms with Crippen molar-refractivity contribution in [3.05, 3.63) is 35.9 Å². The van der Waals surface area contributed by atoms with Crippen LogP contribution in [-0.2, 0) is 21.1 Å². The number of benzene rings is 1. The first-order valence-electron chi connectivity index (χ1n) is 8.16. The molecular formula is C17H22N2O3S2. The summed E-state index contributed by atoms with van der Waals surface area (Å²) in [5.41, 5.74) is 1.20. The molecule has 0 aromatic heterocycles. The molecular weight excluding hydrogens is 344 g/mol. The highest BCUT2D eigenvalue weighted by molar-refractivity contribution is 8.15. The number of rotatable bonds is 4. The Hall–Kier alpha value is -1.34. The lowest BCUT2D eigenvalue weighted by molar-refractivity contribution is -0.120. The quantitative estimate of drug-likeness (QED) is 0.815. The monoisotopic (exact) mass is 366 g/mol. The van der Waals surface area contributed by atoms with Crippen molar-refractivity contribution in [1.29, 1.82) is 0 Å². The minimum absolute atomic E-state index is 0.00974. The standard InChI is InChI=1S/C17H22N2O3S2/c1-12(2)16(20)18-17-19(9-8-13-6-4-3-5-7-13)14-10-24(21,22)11-15(14)23-17/h3-7,12,14-15H,8-11H2,1-2H3/t14-,15-/m1/s1. The summed E-state index contributed by atoms with van der Waals surface area (Å²) in [5, 5.41) is 0.680. The van der Waals surface area contributed by atoms with Gasteiger partial charge in [-0.3, -0.25) is 4.79 Å². The van der Waals surface area contributed by atoms with Crippen molar-refractivity contribution in [3.8, 4) is 0 Å². The fourth-order valence-corrected chi connectivity index (χ4v) is 7.00. The number of hydrogen-bond donors (Lipinski definition) is 0. The number of amides is 1. The van der Waals surface area contributed by atoms with Crippen LogP contribution in [0.2, 0.25) is 0 Å². The zero-order valence-corrected chi connectivity index (χ0v) is 15.5. The molecule has 3 rings (SSSR count). The highest BCUT2D eigenvalue weighted by atomic mass is 32.2. The first kappa shape index (κ1) is 17.5. The van der Waals surface area contributed by atoms with E-state index in [4.69, 9.17) is 0 Å². The van der Waals surface area contributed by atoms with Crippen LogP contribution in [-0.4, -0.2) is 53.7 Å². The molecule has 0 N–H and O–H groups in total. The Balaban J connectivity index is 1.80. The number of fused-ring (bicyclic) bond motifs is 1. The van der Waals surface area contributed by atoms with Crippen molar-refractivity contribution in [2.45, 2.75) is 31.6 Å². The molecule has 1 aromatic carbocycles. The Kier molecular flexibility index (Phi) is 5.01. The molecule has 2 fully saturated rings. The second kappa shape index (κ2) is 6.88. The van der Waals surface area contributed by atoms with Crippen LogP contribution in [0.25, 0.3) is 0 Å². The highest BCUT2D eigenvalue weighted by Crippen LogP contribution is 2.38. The van der Waals surface area contributed by atoms with Crippen LogP contribution in [0.4, 0.5) is 0 Å². The van der Waals surface area contributed by atoms with Crippen LogP contribution in [0.3, 0.4) is 0 Å². The molecule has 24 heavy (non-hydrogen) atoms. The third kappa shape index (κ3) is 3.83. The third-order valence-electron chi connectivity index (χ3n) is 4.36. The Labute approximate surface area is 147 Å². The van der Waals surface area contributed by atoms with E-state index in [-0.39, 0.29) is 34.6 Å². The van der Waals surface area contributed by atoms with Crippen LogP contribution in [0.15, 0.2) is 35.3 Å². The maximum atomic E-state index is 12.0. The van der Waals surface area contributed by atoms with E-state index in [2.05, 4.69) is 17.1 Å². The number of carbonyl (C=O) groups excluding carboxylic acids is 1. The van der Waals surface area contributed by atoms with E-state index >= 15 is 0 Å². The molecule has 0 unspecified atom stereocenters. The van der Waals surface area contributed by atoms with E-state index in [0.717, 1.165) is 6.42 Å². The SMILES string of the molecule is CC(C)C(=O)N=C1S[C@@H]2CS(=O)(=O)C[C@H]2N1CCc1ccccc1. The van der Waals surface area contributed by atoms with Crippen LogP contribution in [0.5, 0.6) is 0 Å². The molecule has 5 nitrogen and oxygen atoms in total. The second-order valence-electron chi connectivity index (χ2n) is 6.62. The molecule has 0 radical (unpaired) electrons. The van der Waals surface area contributed by atoms with E-state index in [9.17, 15) is 13.2 Å². The molecule has 7 heteroatoms. The molecule has 1 amide bonds. The molecule has 2 aliphatic rings. The van der Waals surface area contributed by atoms with Gasteiger partial charge in [0.1, 0.15) is 0 Å². The molecule has 2 aliphatic heterocycles. The molecule has 2 saturated heterocycles. The van der Waals surface area contributed by atoms with Gasteiger partial charge in [-0.2, -0.15) is 4.99 Å². The Morgan fingerprint density at radius 1 is 1.29 bits per heavy atom. The summed E-state index contributed by atoms with van der Waals surface area (Å²) in [7, 11) is -2.99. The molecule has 2 atom stereocenters. The molecule has 0 spiro atoms. The van der Waals surface area contributed by atoms with E-state index in [1.54, 1.807) is 0 Å². The topological polar surface area (TPSA) is 66.8 Å². The van der Waals surface area contributed by atoms with Crippen molar-refractivity contribution in [2.24, 2.45) is 10.9 Å². The summed E-state index contributed by atoms with van der Waals surface area (Å²) >= 11 is 1.45. The Bertz CT molecular complexity index is 744. The van der Waals surface area contributed by atoms with Gasteiger partial charge >= 0.3 is 0 Å². The maximum Gasteiger partial charge on any atom is 0.250 e. The van der Waals surface area contributed by atoms with Crippen LogP contribution in [0.1, 0.15) is 19.4 Å². The normalized spacial score (nSPS) is 27.0. The van der Waals surface area contributed by atoms with Crippen molar-refractivity contribution in [2.75, 3.05) is 18.1 Å². The van der Waals surface area contributed by atoms with E-state index in [1.165, 1.54) is 17.3 Å². The first-order chi connectivity index (χ1) is 11.4. The van der Waals surface area contributed by atoms with Crippen LogP contribution < -0.4 is 0 Å². The number of aliphatic imine (C=N–C) groups is 1. The van der Waals surface area contributed by atoms with E-state index in [1.807, 2.05) is 36.9 Å². The summed E-state index contributed by atoms with van der Waals surface area (Å²) in [6.07, 6.45) is 0.805. The van der Waals surface area contributed by atoms with Crippen LogP contribution >= 0.6 is 11.8 Å². The molecule has 0 bridgehead atoms.